The molecule has 2 aromatic rings. The number of methoxy groups -OCH3 is 1. The summed E-state index contributed by atoms with van der Waals surface area (Å²) in [7, 11) is 1.23. The molecule has 0 saturated heterocycles. The average molecular weight is 362 g/mol. The first-order valence-corrected chi connectivity index (χ1v) is 8.42. The minimum atomic E-state index is -0.838. The fourth-order valence-corrected chi connectivity index (χ4v) is 2.50. The number of rotatable bonds is 7. The van der Waals surface area contributed by atoms with Gasteiger partial charge in [-0.3, -0.25) is 0 Å². The van der Waals surface area contributed by atoms with Crippen molar-refractivity contribution in [2.45, 2.75) is 33.8 Å². The minimum absolute atomic E-state index is 0.0499. The van der Waals surface area contributed by atoms with Gasteiger partial charge in [-0.05, 0) is 49.6 Å². The van der Waals surface area contributed by atoms with Gasteiger partial charge in [0.1, 0.15) is 29.7 Å². The molecular formula is C20H23FO5. The van der Waals surface area contributed by atoms with Crippen molar-refractivity contribution in [2.24, 2.45) is 0 Å². The molecule has 0 heterocycles. The molecule has 0 aliphatic rings. The highest BCUT2D eigenvalue weighted by Crippen LogP contribution is 2.31. The summed E-state index contributed by atoms with van der Waals surface area (Å²) in [5.41, 5.74) is 2.01. The SMILES string of the molecule is CCOc1cccc(OC(=O)OC)c1COc1cc(F)c(CC)cc1C. The minimum Gasteiger partial charge on any atom is -0.493 e. The van der Waals surface area contributed by atoms with Crippen LogP contribution in [0.1, 0.15) is 30.5 Å². The lowest BCUT2D eigenvalue weighted by Crippen LogP contribution is -2.11. The van der Waals surface area contributed by atoms with Crippen LogP contribution in [-0.2, 0) is 17.8 Å². The first kappa shape index (κ1) is 19.6. The number of carbonyl (C=O) groups is 1. The van der Waals surface area contributed by atoms with E-state index in [1.54, 1.807) is 24.3 Å². The zero-order valence-corrected chi connectivity index (χ0v) is 15.4. The number of aryl methyl sites for hydroxylation is 2. The largest absolute Gasteiger partial charge is 0.513 e. The highest BCUT2D eigenvalue weighted by molar-refractivity contribution is 5.65. The highest BCUT2D eigenvalue weighted by atomic mass is 19.1. The van der Waals surface area contributed by atoms with Gasteiger partial charge in [0.15, 0.2) is 0 Å². The molecule has 0 atom stereocenters. The number of ether oxygens (including phenoxy) is 4. The van der Waals surface area contributed by atoms with Gasteiger partial charge >= 0.3 is 6.16 Å². The van der Waals surface area contributed by atoms with Gasteiger partial charge in [0.25, 0.3) is 0 Å². The van der Waals surface area contributed by atoms with Crippen LogP contribution in [0.3, 0.4) is 0 Å². The van der Waals surface area contributed by atoms with Crippen LogP contribution < -0.4 is 14.2 Å². The van der Waals surface area contributed by atoms with Crippen LogP contribution in [0.25, 0.3) is 0 Å². The average Bonchev–Trinajstić information content (AvgIpc) is 2.63. The van der Waals surface area contributed by atoms with Crippen molar-refractivity contribution in [1.82, 2.24) is 0 Å². The summed E-state index contributed by atoms with van der Waals surface area (Å²) in [5, 5.41) is 0. The summed E-state index contributed by atoms with van der Waals surface area (Å²) in [6, 6.07) is 8.21. The molecule has 0 aromatic heterocycles. The molecular weight excluding hydrogens is 339 g/mol. The van der Waals surface area contributed by atoms with E-state index in [0.29, 0.717) is 35.7 Å². The molecule has 0 amide bonds. The van der Waals surface area contributed by atoms with E-state index in [4.69, 9.17) is 14.2 Å². The van der Waals surface area contributed by atoms with Gasteiger partial charge in [-0.2, -0.15) is 0 Å². The molecule has 140 valence electrons. The normalized spacial score (nSPS) is 10.3. The molecule has 6 heteroatoms. The molecule has 0 radical (unpaired) electrons. The second kappa shape index (κ2) is 9.08. The third-order valence-electron chi connectivity index (χ3n) is 3.85. The summed E-state index contributed by atoms with van der Waals surface area (Å²) in [6.07, 6.45) is -0.230. The van der Waals surface area contributed by atoms with Gasteiger partial charge in [0, 0.05) is 6.07 Å². The Bertz CT molecular complexity index is 773. The number of halogens is 1. The van der Waals surface area contributed by atoms with Gasteiger partial charge in [0.2, 0.25) is 0 Å². The van der Waals surface area contributed by atoms with Gasteiger partial charge in [0.05, 0.1) is 19.3 Å². The molecule has 0 aliphatic heterocycles. The molecule has 0 bridgehead atoms. The van der Waals surface area contributed by atoms with Crippen molar-refractivity contribution in [3.8, 4) is 17.2 Å². The molecule has 0 fully saturated rings. The van der Waals surface area contributed by atoms with E-state index in [1.807, 2.05) is 20.8 Å². The van der Waals surface area contributed by atoms with E-state index < -0.39 is 6.16 Å². The number of hydrogen-bond acceptors (Lipinski definition) is 5. The van der Waals surface area contributed by atoms with Crippen LogP contribution in [0, 0.1) is 12.7 Å². The van der Waals surface area contributed by atoms with Gasteiger partial charge in [-0.25, -0.2) is 9.18 Å². The van der Waals surface area contributed by atoms with Crippen molar-refractivity contribution in [3.63, 3.8) is 0 Å². The molecule has 0 N–H and O–H groups in total. The quantitative estimate of drug-likeness (QED) is 0.522. The van der Waals surface area contributed by atoms with Crippen LogP contribution in [0.15, 0.2) is 30.3 Å². The predicted molar refractivity (Wildman–Crippen MR) is 95.5 cm³/mol. The first-order chi connectivity index (χ1) is 12.5. The molecule has 0 saturated carbocycles. The summed E-state index contributed by atoms with van der Waals surface area (Å²) < 4.78 is 35.1. The Labute approximate surface area is 152 Å². The Morgan fingerprint density at radius 3 is 2.46 bits per heavy atom. The van der Waals surface area contributed by atoms with E-state index in [1.165, 1.54) is 13.2 Å². The van der Waals surface area contributed by atoms with Crippen molar-refractivity contribution < 1.29 is 28.1 Å². The smallest absolute Gasteiger partial charge is 0.493 e. The van der Waals surface area contributed by atoms with Crippen molar-refractivity contribution >= 4 is 6.16 Å². The van der Waals surface area contributed by atoms with Gasteiger partial charge in [-0.1, -0.05) is 13.0 Å². The number of carbonyl (C=O) groups excluding carboxylic acids is 1. The molecule has 2 rings (SSSR count). The first-order valence-electron chi connectivity index (χ1n) is 8.42. The predicted octanol–water partition coefficient (Wildman–Crippen LogP) is 4.82. The molecule has 0 aliphatic carbocycles. The third-order valence-corrected chi connectivity index (χ3v) is 3.85. The molecule has 0 unspecified atom stereocenters. The van der Waals surface area contributed by atoms with Gasteiger partial charge < -0.3 is 18.9 Å². The Morgan fingerprint density at radius 2 is 1.81 bits per heavy atom. The molecule has 2 aromatic carbocycles. The lowest BCUT2D eigenvalue weighted by molar-refractivity contribution is 0.120. The van der Waals surface area contributed by atoms with Crippen LogP contribution in [0.5, 0.6) is 17.2 Å². The van der Waals surface area contributed by atoms with Crippen LogP contribution >= 0.6 is 0 Å². The Hall–Kier alpha value is -2.76. The Morgan fingerprint density at radius 1 is 1.08 bits per heavy atom. The van der Waals surface area contributed by atoms with E-state index in [-0.39, 0.29) is 18.2 Å². The summed E-state index contributed by atoms with van der Waals surface area (Å²) in [4.78, 5) is 11.5. The maximum absolute atomic E-state index is 14.1. The Balaban J connectivity index is 2.30. The highest BCUT2D eigenvalue weighted by Gasteiger charge is 2.16. The second-order valence-electron chi connectivity index (χ2n) is 5.57. The van der Waals surface area contributed by atoms with Crippen LogP contribution in [0.4, 0.5) is 9.18 Å². The molecule has 5 nitrogen and oxygen atoms in total. The molecule has 0 spiro atoms. The van der Waals surface area contributed by atoms with Gasteiger partial charge in [-0.15, -0.1) is 0 Å². The number of hydrogen-bond donors (Lipinski definition) is 0. The monoisotopic (exact) mass is 362 g/mol. The van der Waals surface area contributed by atoms with Crippen LogP contribution in [-0.4, -0.2) is 19.9 Å². The zero-order chi connectivity index (χ0) is 19.1. The van der Waals surface area contributed by atoms with Crippen LogP contribution in [0.2, 0.25) is 0 Å². The summed E-state index contributed by atoms with van der Waals surface area (Å²) in [5.74, 6) is 0.913. The number of benzene rings is 2. The van der Waals surface area contributed by atoms with Crippen molar-refractivity contribution in [2.75, 3.05) is 13.7 Å². The van der Waals surface area contributed by atoms with E-state index >= 15 is 0 Å². The molecule has 26 heavy (non-hydrogen) atoms. The Kier molecular flexibility index (Phi) is 6.83. The topological polar surface area (TPSA) is 54.0 Å². The standard InChI is InChI=1S/C20H23FO5/c1-5-14-10-13(3)19(11-16(14)21)25-12-15-17(24-6-2)8-7-9-18(15)26-20(22)23-4/h7-11H,5-6,12H2,1-4H3. The zero-order valence-electron chi connectivity index (χ0n) is 15.4. The lowest BCUT2D eigenvalue weighted by atomic mass is 10.1. The van der Waals surface area contributed by atoms with Crippen molar-refractivity contribution in [1.29, 1.82) is 0 Å². The summed E-state index contributed by atoms with van der Waals surface area (Å²) >= 11 is 0. The van der Waals surface area contributed by atoms with E-state index in [0.717, 1.165) is 5.56 Å². The fraction of sp³-hybridized carbons (Fsp3) is 0.350. The van der Waals surface area contributed by atoms with Crippen molar-refractivity contribution in [3.05, 3.63) is 52.8 Å². The second-order valence-corrected chi connectivity index (χ2v) is 5.57. The van der Waals surface area contributed by atoms with E-state index in [2.05, 4.69) is 4.74 Å². The lowest BCUT2D eigenvalue weighted by Gasteiger charge is -2.16. The fourth-order valence-electron chi connectivity index (χ4n) is 2.50. The third kappa shape index (κ3) is 4.65. The maximum atomic E-state index is 14.1. The van der Waals surface area contributed by atoms with E-state index in [9.17, 15) is 9.18 Å². The maximum Gasteiger partial charge on any atom is 0.513 e. The summed E-state index contributed by atoms with van der Waals surface area (Å²) in [6.45, 7) is 6.09.